The van der Waals surface area contributed by atoms with Gasteiger partial charge in [-0.2, -0.15) is 0 Å². The molecule has 0 radical (unpaired) electrons. The van der Waals surface area contributed by atoms with Crippen molar-refractivity contribution >= 4 is 5.69 Å². The summed E-state index contributed by atoms with van der Waals surface area (Å²) in [7, 11) is 1.62. The van der Waals surface area contributed by atoms with Gasteiger partial charge in [-0.1, -0.05) is 0 Å². The van der Waals surface area contributed by atoms with Crippen molar-refractivity contribution in [3.05, 3.63) is 36.4 Å². The Labute approximate surface area is 88.3 Å². The molecule has 1 aromatic carbocycles. The summed E-state index contributed by atoms with van der Waals surface area (Å²) in [6, 6.07) is 5.60. The first-order valence-electron chi connectivity index (χ1n) is 4.66. The molecule has 1 heterocycles. The summed E-state index contributed by atoms with van der Waals surface area (Å²) >= 11 is 0. The van der Waals surface area contributed by atoms with Gasteiger partial charge in [0.25, 0.3) is 0 Å². The molecule has 78 valence electrons. The monoisotopic (exact) mass is 203 g/mol. The van der Waals surface area contributed by atoms with E-state index >= 15 is 0 Å². The Balaban J connectivity index is 2.50. The van der Waals surface area contributed by atoms with Gasteiger partial charge in [-0.15, -0.1) is 0 Å². The lowest BCUT2D eigenvalue weighted by atomic mass is 10.2. The zero-order chi connectivity index (χ0) is 10.8. The molecule has 0 atom stereocenters. The van der Waals surface area contributed by atoms with Gasteiger partial charge in [-0.3, -0.25) is 0 Å². The molecule has 2 aromatic rings. The van der Waals surface area contributed by atoms with E-state index in [1.807, 2.05) is 29.8 Å². The minimum Gasteiger partial charge on any atom is -0.497 e. The van der Waals surface area contributed by atoms with E-state index in [4.69, 9.17) is 10.5 Å². The summed E-state index contributed by atoms with van der Waals surface area (Å²) in [5.41, 5.74) is 7.53. The number of nitrogens with two attached hydrogens (primary N) is 1. The van der Waals surface area contributed by atoms with E-state index in [1.165, 1.54) is 0 Å². The number of nitrogens with zero attached hydrogens (tertiary/aromatic N) is 2. The van der Waals surface area contributed by atoms with E-state index in [0.29, 0.717) is 5.69 Å². The van der Waals surface area contributed by atoms with Gasteiger partial charge in [0.15, 0.2) is 0 Å². The molecule has 4 heteroatoms. The van der Waals surface area contributed by atoms with Crippen LogP contribution in [-0.4, -0.2) is 16.7 Å². The van der Waals surface area contributed by atoms with Gasteiger partial charge in [-0.25, -0.2) is 4.98 Å². The van der Waals surface area contributed by atoms with Crippen LogP contribution < -0.4 is 10.5 Å². The van der Waals surface area contributed by atoms with Crippen LogP contribution in [0.5, 0.6) is 5.75 Å². The largest absolute Gasteiger partial charge is 0.497 e. The molecule has 2 rings (SSSR count). The molecule has 15 heavy (non-hydrogen) atoms. The van der Waals surface area contributed by atoms with E-state index in [0.717, 1.165) is 17.3 Å². The molecular weight excluding hydrogens is 190 g/mol. The lowest BCUT2D eigenvalue weighted by Gasteiger charge is -2.09. The second-order valence-corrected chi connectivity index (χ2v) is 3.27. The number of methoxy groups -OCH3 is 1. The van der Waals surface area contributed by atoms with Gasteiger partial charge in [0.1, 0.15) is 11.6 Å². The minimum absolute atomic E-state index is 0.676. The summed E-state index contributed by atoms with van der Waals surface area (Å²) in [5, 5.41) is 0. The van der Waals surface area contributed by atoms with Crippen LogP contribution in [0.3, 0.4) is 0 Å². The maximum absolute atomic E-state index is 5.93. The minimum atomic E-state index is 0.676. The van der Waals surface area contributed by atoms with Crippen molar-refractivity contribution in [1.82, 2.24) is 9.55 Å². The Kier molecular flexibility index (Phi) is 2.33. The van der Waals surface area contributed by atoms with Crippen LogP contribution in [-0.2, 0) is 0 Å². The van der Waals surface area contributed by atoms with Gasteiger partial charge < -0.3 is 15.0 Å². The smallest absolute Gasteiger partial charge is 0.121 e. The molecule has 2 N–H and O–H groups in total. The van der Waals surface area contributed by atoms with Gasteiger partial charge in [0, 0.05) is 18.5 Å². The van der Waals surface area contributed by atoms with Crippen LogP contribution in [0, 0.1) is 6.92 Å². The number of anilines is 1. The molecule has 0 spiro atoms. The maximum atomic E-state index is 5.93. The molecule has 0 aliphatic heterocycles. The van der Waals surface area contributed by atoms with Crippen LogP contribution in [0.4, 0.5) is 5.69 Å². The average molecular weight is 203 g/mol. The molecular formula is C11H13N3O. The number of hydrogen-bond donors (Lipinski definition) is 1. The second kappa shape index (κ2) is 3.65. The van der Waals surface area contributed by atoms with E-state index in [9.17, 15) is 0 Å². The normalized spacial score (nSPS) is 10.3. The Hall–Kier alpha value is -1.97. The fourth-order valence-corrected chi connectivity index (χ4v) is 1.51. The topological polar surface area (TPSA) is 53.1 Å². The van der Waals surface area contributed by atoms with E-state index in [1.54, 1.807) is 19.4 Å². The molecule has 1 aromatic heterocycles. The van der Waals surface area contributed by atoms with Crippen LogP contribution in [0.15, 0.2) is 30.6 Å². The van der Waals surface area contributed by atoms with Crippen molar-refractivity contribution < 1.29 is 4.74 Å². The number of aromatic nitrogens is 2. The number of ether oxygens (including phenoxy) is 1. The molecule has 0 aliphatic rings. The van der Waals surface area contributed by atoms with Crippen LogP contribution in [0.2, 0.25) is 0 Å². The quantitative estimate of drug-likeness (QED) is 0.757. The lowest BCUT2D eigenvalue weighted by molar-refractivity contribution is 0.415. The zero-order valence-corrected chi connectivity index (χ0v) is 8.77. The molecule has 0 saturated heterocycles. The van der Waals surface area contributed by atoms with Crippen LogP contribution >= 0.6 is 0 Å². The van der Waals surface area contributed by atoms with E-state index in [2.05, 4.69) is 4.98 Å². The first kappa shape index (κ1) is 9.58. The Morgan fingerprint density at radius 1 is 1.40 bits per heavy atom. The molecule has 0 amide bonds. The highest BCUT2D eigenvalue weighted by atomic mass is 16.5. The summed E-state index contributed by atoms with van der Waals surface area (Å²) in [6.45, 7) is 1.93. The number of benzene rings is 1. The fraction of sp³-hybridized carbons (Fsp3) is 0.182. The maximum Gasteiger partial charge on any atom is 0.121 e. The predicted octanol–water partition coefficient (Wildman–Crippen LogP) is 1.77. The fourth-order valence-electron chi connectivity index (χ4n) is 1.51. The molecule has 0 aliphatic carbocycles. The van der Waals surface area contributed by atoms with Gasteiger partial charge in [-0.05, 0) is 19.1 Å². The highest BCUT2D eigenvalue weighted by Gasteiger charge is 2.05. The third kappa shape index (κ3) is 1.66. The molecule has 0 unspecified atom stereocenters. The summed E-state index contributed by atoms with van der Waals surface area (Å²) < 4.78 is 7.03. The first-order valence-corrected chi connectivity index (χ1v) is 4.66. The highest BCUT2D eigenvalue weighted by Crippen LogP contribution is 2.23. The van der Waals surface area contributed by atoms with Crippen molar-refractivity contribution in [1.29, 1.82) is 0 Å². The van der Waals surface area contributed by atoms with Gasteiger partial charge in [0.05, 0.1) is 18.5 Å². The molecule has 0 bridgehead atoms. The third-order valence-electron chi connectivity index (χ3n) is 2.32. The molecule has 0 fully saturated rings. The van der Waals surface area contributed by atoms with Crippen LogP contribution in [0.1, 0.15) is 5.82 Å². The van der Waals surface area contributed by atoms with E-state index in [-0.39, 0.29) is 0 Å². The van der Waals surface area contributed by atoms with Crippen LogP contribution in [0.25, 0.3) is 5.69 Å². The van der Waals surface area contributed by atoms with Crippen molar-refractivity contribution in [2.45, 2.75) is 6.92 Å². The van der Waals surface area contributed by atoms with Crippen molar-refractivity contribution in [2.75, 3.05) is 12.8 Å². The van der Waals surface area contributed by atoms with Gasteiger partial charge >= 0.3 is 0 Å². The Morgan fingerprint density at radius 2 is 2.20 bits per heavy atom. The van der Waals surface area contributed by atoms with Gasteiger partial charge in [0.2, 0.25) is 0 Å². The first-order chi connectivity index (χ1) is 7.22. The average Bonchev–Trinajstić information content (AvgIpc) is 2.64. The molecule has 0 saturated carbocycles. The lowest BCUT2D eigenvalue weighted by Crippen LogP contribution is -2.01. The highest BCUT2D eigenvalue weighted by molar-refractivity contribution is 5.61. The number of rotatable bonds is 2. The number of imidazole rings is 1. The number of hydrogen-bond acceptors (Lipinski definition) is 3. The summed E-state index contributed by atoms with van der Waals surface area (Å²) in [6.07, 6.45) is 3.63. The number of nitrogen functional groups attached to an aromatic ring is 1. The Morgan fingerprint density at radius 3 is 2.73 bits per heavy atom. The Bertz CT molecular complexity index is 476. The molecule has 4 nitrogen and oxygen atoms in total. The SMILES string of the molecule is COc1ccc(-n2ccnc2C)c(N)c1. The van der Waals surface area contributed by atoms with E-state index < -0.39 is 0 Å². The summed E-state index contributed by atoms with van der Waals surface area (Å²) in [5.74, 6) is 1.67. The van der Waals surface area contributed by atoms with Crippen molar-refractivity contribution in [3.63, 3.8) is 0 Å². The zero-order valence-electron chi connectivity index (χ0n) is 8.77. The second-order valence-electron chi connectivity index (χ2n) is 3.27. The standard InChI is InChI=1S/C11H13N3O/c1-8-13-5-6-14(8)11-4-3-9(15-2)7-10(11)12/h3-7H,12H2,1-2H3. The number of aryl methyl sites for hydroxylation is 1. The predicted molar refractivity (Wildman–Crippen MR) is 59.3 cm³/mol. The van der Waals surface area contributed by atoms with Crippen molar-refractivity contribution in [2.24, 2.45) is 0 Å². The van der Waals surface area contributed by atoms with Crippen molar-refractivity contribution in [3.8, 4) is 11.4 Å². The summed E-state index contributed by atoms with van der Waals surface area (Å²) in [4.78, 5) is 4.15. The third-order valence-corrected chi connectivity index (χ3v) is 2.32.